The molecular weight excluding hydrogens is 324 g/mol. The van der Waals surface area contributed by atoms with Crippen molar-refractivity contribution in [2.75, 3.05) is 19.6 Å². The second kappa shape index (κ2) is 8.86. The number of aryl methyl sites for hydroxylation is 1. The van der Waals surface area contributed by atoms with E-state index in [-0.39, 0.29) is 24.4 Å². The fourth-order valence-corrected chi connectivity index (χ4v) is 4.20. The molecule has 1 aromatic rings. The predicted octanol–water partition coefficient (Wildman–Crippen LogP) is 2.92. The standard InChI is InChI=1S/C18H30N4O.ClH/c1-14(12-15-6-4-3-5-7-15)18(23)22-11-8-19-13-16(22)17-20-9-10-21(17)2;/h9-10,14-16,19H,3-8,11-13H2,1-2H3;1H. The highest BCUT2D eigenvalue weighted by atomic mass is 35.5. The summed E-state index contributed by atoms with van der Waals surface area (Å²) in [5.41, 5.74) is 0. The van der Waals surface area contributed by atoms with E-state index < -0.39 is 0 Å². The van der Waals surface area contributed by atoms with Gasteiger partial charge >= 0.3 is 0 Å². The SMILES string of the molecule is CC(CC1CCCCC1)C(=O)N1CCNCC1c1nccn1C.Cl. The molecule has 2 unspecified atom stereocenters. The number of halogens is 1. The summed E-state index contributed by atoms with van der Waals surface area (Å²) in [5, 5.41) is 3.41. The molecule has 0 spiro atoms. The van der Waals surface area contributed by atoms with Crippen molar-refractivity contribution in [3.8, 4) is 0 Å². The number of carbonyl (C=O) groups is 1. The summed E-state index contributed by atoms with van der Waals surface area (Å²) in [6.45, 7) is 4.58. The minimum absolute atomic E-state index is 0. The van der Waals surface area contributed by atoms with Crippen LogP contribution in [0.25, 0.3) is 0 Å². The van der Waals surface area contributed by atoms with Gasteiger partial charge in [0.1, 0.15) is 11.9 Å². The number of nitrogens with zero attached hydrogens (tertiary/aromatic N) is 3. The summed E-state index contributed by atoms with van der Waals surface area (Å²) in [6, 6.07) is 0.0602. The maximum Gasteiger partial charge on any atom is 0.226 e. The molecule has 6 heteroatoms. The second-order valence-corrected chi connectivity index (χ2v) is 7.29. The molecule has 1 amide bonds. The van der Waals surface area contributed by atoms with Crippen molar-refractivity contribution < 1.29 is 4.79 Å². The Kier molecular flexibility index (Phi) is 7.11. The fraction of sp³-hybridized carbons (Fsp3) is 0.778. The minimum Gasteiger partial charge on any atom is -0.336 e. The largest absolute Gasteiger partial charge is 0.336 e. The van der Waals surface area contributed by atoms with Crippen LogP contribution in [0.3, 0.4) is 0 Å². The normalized spacial score (nSPS) is 23.6. The lowest BCUT2D eigenvalue weighted by molar-refractivity contribution is -0.139. The average Bonchev–Trinajstić information content (AvgIpc) is 3.01. The van der Waals surface area contributed by atoms with Crippen LogP contribution in [0.15, 0.2) is 12.4 Å². The molecule has 24 heavy (non-hydrogen) atoms. The average molecular weight is 355 g/mol. The molecule has 1 aliphatic heterocycles. The van der Waals surface area contributed by atoms with Crippen molar-refractivity contribution in [1.82, 2.24) is 19.8 Å². The van der Waals surface area contributed by atoms with E-state index in [9.17, 15) is 4.79 Å². The summed E-state index contributed by atoms with van der Waals surface area (Å²) in [7, 11) is 2.01. The lowest BCUT2D eigenvalue weighted by atomic mass is 9.83. The van der Waals surface area contributed by atoms with Crippen LogP contribution < -0.4 is 5.32 Å². The van der Waals surface area contributed by atoms with Crippen molar-refractivity contribution in [3.63, 3.8) is 0 Å². The Morgan fingerprint density at radius 2 is 2.12 bits per heavy atom. The van der Waals surface area contributed by atoms with Crippen LogP contribution in [0.5, 0.6) is 0 Å². The van der Waals surface area contributed by atoms with Gasteiger partial charge in [-0.25, -0.2) is 4.98 Å². The molecule has 2 fully saturated rings. The quantitative estimate of drug-likeness (QED) is 0.904. The zero-order valence-electron chi connectivity index (χ0n) is 14.9. The molecule has 1 saturated carbocycles. The zero-order chi connectivity index (χ0) is 16.2. The van der Waals surface area contributed by atoms with Gasteiger partial charge in [0.15, 0.2) is 0 Å². The third-order valence-corrected chi connectivity index (χ3v) is 5.52. The van der Waals surface area contributed by atoms with Crippen LogP contribution in [-0.2, 0) is 11.8 Å². The summed E-state index contributed by atoms with van der Waals surface area (Å²) in [4.78, 5) is 19.6. The van der Waals surface area contributed by atoms with E-state index in [1.165, 1.54) is 32.1 Å². The number of rotatable bonds is 4. The first kappa shape index (κ1) is 19.3. The number of carbonyl (C=O) groups excluding carboxylic acids is 1. The highest BCUT2D eigenvalue weighted by Crippen LogP contribution is 2.31. The van der Waals surface area contributed by atoms with Gasteiger partial charge in [-0.15, -0.1) is 12.4 Å². The fourth-order valence-electron chi connectivity index (χ4n) is 4.20. The molecule has 2 atom stereocenters. The first-order valence-corrected chi connectivity index (χ1v) is 9.15. The summed E-state index contributed by atoms with van der Waals surface area (Å²) >= 11 is 0. The summed E-state index contributed by atoms with van der Waals surface area (Å²) in [5.74, 6) is 2.16. The van der Waals surface area contributed by atoms with Gasteiger partial charge in [0.2, 0.25) is 5.91 Å². The molecule has 2 heterocycles. The Balaban J connectivity index is 0.00000208. The highest BCUT2D eigenvalue weighted by molar-refractivity contribution is 5.85. The van der Waals surface area contributed by atoms with E-state index in [1.54, 1.807) is 0 Å². The Hall–Kier alpha value is -1.07. The highest BCUT2D eigenvalue weighted by Gasteiger charge is 2.33. The van der Waals surface area contributed by atoms with Gasteiger partial charge in [-0.1, -0.05) is 39.0 Å². The van der Waals surface area contributed by atoms with E-state index >= 15 is 0 Å². The van der Waals surface area contributed by atoms with Crippen molar-refractivity contribution >= 4 is 18.3 Å². The van der Waals surface area contributed by atoms with E-state index in [0.717, 1.165) is 37.8 Å². The first-order chi connectivity index (χ1) is 11.2. The Labute approximate surface area is 151 Å². The van der Waals surface area contributed by atoms with Gasteiger partial charge in [0.25, 0.3) is 0 Å². The van der Waals surface area contributed by atoms with Crippen LogP contribution in [-0.4, -0.2) is 40.0 Å². The molecule has 0 aromatic carbocycles. The van der Waals surface area contributed by atoms with Crippen molar-refractivity contribution in [3.05, 3.63) is 18.2 Å². The van der Waals surface area contributed by atoms with Crippen LogP contribution in [0, 0.1) is 11.8 Å². The minimum atomic E-state index is 0. The number of hydrogen-bond acceptors (Lipinski definition) is 3. The number of aromatic nitrogens is 2. The third-order valence-electron chi connectivity index (χ3n) is 5.52. The maximum absolute atomic E-state index is 13.0. The van der Waals surface area contributed by atoms with Gasteiger partial charge in [-0.05, 0) is 12.3 Å². The topological polar surface area (TPSA) is 50.2 Å². The number of piperazine rings is 1. The van der Waals surface area contributed by atoms with Gasteiger partial charge < -0.3 is 14.8 Å². The molecule has 1 saturated heterocycles. The molecule has 136 valence electrons. The maximum atomic E-state index is 13.0. The van der Waals surface area contributed by atoms with E-state index in [1.807, 2.05) is 24.0 Å². The van der Waals surface area contributed by atoms with Crippen molar-refractivity contribution in [1.29, 1.82) is 0 Å². The van der Waals surface area contributed by atoms with Crippen LogP contribution in [0.4, 0.5) is 0 Å². The molecule has 1 aromatic heterocycles. The van der Waals surface area contributed by atoms with Gasteiger partial charge in [0, 0.05) is 45.0 Å². The van der Waals surface area contributed by atoms with Gasteiger partial charge in [-0.3, -0.25) is 4.79 Å². The lowest BCUT2D eigenvalue weighted by Crippen LogP contribution is -2.51. The van der Waals surface area contributed by atoms with E-state index in [0.29, 0.717) is 5.91 Å². The molecule has 1 N–H and O–H groups in total. The van der Waals surface area contributed by atoms with Crippen molar-refractivity contribution in [2.45, 2.75) is 51.5 Å². The Morgan fingerprint density at radius 1 is 1.38 bits per heavy atom. The zero-order valence-corrected chi connectivity index (χ0v) is 15.7. The van der Waals surface area contributed by atoms with Crippen LogP contribution in [0.2, 0.25) is 0 Å². The summed E-state index contributed by atoms with van der Waals surface area (Å²) in [6.07, 6.45) is 11.5. The molecule has 5 nitrogen and oxygen atoms in total. The molecule has 1 aliphatic carbocycles. The van der Waals surface area contributed by atoms with Crippen LogP contribution >= 0.6 is 12.4 Å². The number of imidazole rings is 1. The Bertz CT molecular complexity index is 527. The third kappa shape index (κ3) is 4.31. The number of hydrogen-bond donors (Lipinski definition) is 1. The number of amides is 1. The van der Waals surface area contributed by atoms with Crippen LogP contribution in [0.1, 0.15) is 57.3 Å². The van der Waals surface area contributed by atoms with E-state index in [2.05, 4.69) is 22.1 Å². The van der Waals surface area contributed by atoms with Gasteiger partial charge in [-0.2, -0.15) is 0 Å². The molecule has 3 rings (SSSR count). The molecular formula is C18H31ClN4O. The van der Waals surface area contributed by atoms with Gasteiger partial charge in [0.05, 0.1) is 0 Å². The molecule has 0 bridgehead atoms. The summed E-state index contributed by atoms with van der Waals surface area (Å²) < 4.78 is 2.03. The smallest absolute Gasteiger partial charge is 0.226 e. The van der Waals surface area contributed by atoms with Crippen molar-refractivity contribution in [2.24, 2.45) is 18.9 Å². The monoisotopic (exact) mass is 354 g/mol. The predicted molar refractivity (Wildman–Crippen MR) is 98.1 cm³/mol. The second-order valence-electron chi connectivity index (χ2n) is 7.29. The molecule has 0 radical (unpaired) electrons. The number of nitrogens with one attached hydrogen (secondary N) is 1. The van der Waals surface area contributed by atoms with E-state index in [4.69, 9.17) is 0 Å². The Morgan fingerprint density at radius 3 is 2.79 bits per heavy atom. The molecule has 2 aliphatic rings. The lowest BCUT2D eigenvalue weighted by Gasteiger charge is -2.38. The first-order valence-electron chi connectivity index (χ1n) is 9.15.